The Kier molecular flexibility index (Phi) is 3.40. The number of aliphatic hydroxyl groups is 1. The number of carbonyl (C=O) groups is 1. The Morgan fingerprint density at radius 1 is 1.23 bits per heavy atom. The third-order valence-electron chi connectivity index (χ3n) is 7.39. The normalized spacial score (nSPS) is 43.7. The Balaban J connectivity index is 1.42. The van der Waals surface area contributed by atoms with Crippen molar-refractivity contribution in [1.29, 1.82) is 0 Å². The maximum atomic E-state index is 12.9. The molecule has 5 aliphatic rings. The second kappa shape index (κ2) is 5.38. The number of hydrogen-bond acceptors (Lipinski definition) is 3. The maximum absolute atomic E-state index is 12.9. The predicted molar refractivity (Wildman–Crippen MR) is 97.9 cm³/mol. The van der Waals surface area contributed by atoms with Crippen molar-refractivity contribution in [3.8, 4) is 5.75 Å². The van der Waals surface area contributed by atoms with Crippen LogP contribution in [0.3, 0.4) is 0 Å². The summed E-state index contributed by atoms with van der Waals surface area (Å²) in [5.41, 5.74) is 0.214. The molecule has 0 spiro atoms. The molecule has 1 aliphatic heterocycles. The lowest BCUT2D eigenvalue weighted by Crippen LogP contribution is -2.62. The fourth-order valence-electron chi connectivity index (χ4n) is 6.59. The number of amides is 2. The molecular weight excluding hydrogens is 328 g/mol. The van der Waals surface area contributed by atoms with Gasteiger partial charge in [0.25, 0.3) is 0 Å². The first-order valence-corrected chi connectivity index (χ1v) is 9.85. The molecule has 6 rings (SSSR count). The van der Waals surface area contributed by atoms with Gasteiger partial charge in [-0.2, -0.15) is 0 Å². The summed E-state index contributed by atoms with van der Waals surface area (Å²) in [6.45, 7) is 2.78. The fraction of sp³-hybridized carbons (Fsp3) is 0.667. The number of methoxy groups -OCH3 is 1. The molecule has 1 aromatic rings. The van der Waals surface area contributed by atoms with Gasteiger partial charge in [0, 0.05) is 12.6 Å². The zero-order valence-electron chi connectivity index (χ0n) is 15.6. The number of nitrogens with zero attached hydrogens (tertiary/aromatic N) is 1. The molecule has 3 atom stereocenters. The van der Waals surface area contributed by atoms with Gasteiger partial charge >= 0.3 is 6.03 Å². The largest absolute Gasteiger partial charge is 0.497 e. The van der Waals surface area contributed by atoms with Crippen LogP contribution in [0.1, 0.15) is 44.6 Å². The molecule has 4 bridgehead atoms. The second-order valence-corrected chi connectivity index (χ2v) is 9.31. The van der Waals surface area contributed by atoms with Crippen molar-refractivity contribution in [3.05, 3.63) is 29.8 Å². The Morgan fingerprint density at radius 2 is 1.96 bits per heavy atom. The second-order valence-electron chi connectivity index (χ2n) is 9.31. The van der Waals surface area contributed by atoms with E-state index in [-0.39, 0.29) is 12.1 Å². The third-order valence-corrected chi connectivity index (χ3v) is 7.39. The van der Waals surface area contributed by atoms with Gasteiger partial charge in [-0.05, 0) is 74.5 Å². The van der Waals surface area contributed by atoms with Gasteiger partial charge in [-0.1, -0.05) is 12.1 Å². The summed E-state index contributed by atoms with van der Waals surface area (Å²) in [4.78, 5) is 15.0. The average Bonchev–Trinajstić information content (AvgIpc) is 2.89. The van der Waals surface area contributed by atoms with Crippen LogP contribution >= 0.6 is 0 Å². The minimum atomic E-state index is -0.459. The van der Waals surface area contributed by atoms with E-state index in [1.165, 1.54) is 12.8 Å². The summed E-state index contributed by atoms with van der Waals surface area (Å²) in [7, 11) is 1.67. The zero-order chi connectivity index (χ0) is 18.1. The summed E-state index contributed by atoms with van der Waals surface area (Å²) in [5, 5.41) is 14.1. The zero-order valence-corrected chi connectivity index (χ0v) is 15.6. The summed E-state index contributed by atoms with van der Waals surface area (Å²) in [6.07, 6.45) is 5.04. The van der Waals surface area contributed by atoms with Crippen LogP contribution in [0.2, 0.25) is 0 Å². The highest BCUT2D eigenvalue weighted by Gasteiger charge is 2.58. The quantitative estimate of drug-likeness (QED) is 0.875. The van der Waals surface area contributed by atoms with Crippen molar-refractivity contribution in [2.45, 2.75) is 56.2 Å². The van der Waals surface area contributed by atoms with E-state index in [1.807, 2.05) is 18.2 Å². The van der Waals surface area contributed by atoms with Crippen molar-refractivity contribution in [1.82, 2.24) is 10.2 Å². The van der Waals surface area contributed by atoms with Gasteiger partial charge < -0.3 is 20.1 Å². The summed E-state index contributed by atoms with van der Waals surface area (Å²) in [5.74, 6) is 2.37. The van der Waals surface area contributed by atoms with Gasteiger partial charge in [0.1, 0.15) is 5.75 Å². The van der Waals surface area contributed by atoms with Crippen LogP contribution in [-0.4, -0.2) is 41.3 Å². The molecule has 4 saturated carbocycles. The smallest absolute Gasteiger partial charge is 0.318 e. The first-order chi connectivity index (χ1) is 12.4. The number of carbonyl (C=O) groups excluding carboxylic acids is 1. The Morgan fingerprint density at radius 3 is 2.62 bits per heavy atom. The highest BCUT2D eigenvalue weighted by atomic mass is 16.5. The van der Waals surface area contributed by atoms with E-state index < -0.39 is 11.1 Å². The number of ether oxygens (including phenoxy) is 1. The first kappa shape index (κ1) is 16.4. The third kappa shape index (κ3) is 2.36. The van der Waals surface area contributed by atoms with Crippen LogP contribution in [0.25, 0.3) is 0 Å². The summed E-state index contributed by atoms with van der Waals surface area (Å²) >= 11 is 0. The van der Waals surface area contributed by atoms with Crippen molar-refractivity contribution < 1.29 is 14.6 Å². The molecule has 1 heterocycles. The molecule has 140 valence electrons. The molecule has 0 aromatic heterocycles. The minimum absolute atomic E-state index is 0.0415. The van der Waals surface area contributed by atoms with Gasteiger partial charge in [0.15, 0.2) is 0 Å². The number of benzene rings is 1. The molecule has 1 saturated heterocycles. The summed E-state index contributed by atoms with van der Waals surface area (Å²) in [6, 6.07) is 8.31. The highest BCUT2D eigenvalue weighted by molar-refractivity contribution is 5.79. The van der Waals surface area contributed by atoms with Crippen LogP contribution in [0.5, 0.6) is 5.75 Å². The van der Waals surface area contributed by atoms with E-state index in [2.05, 4.69) is 23.2 Å². The molecular formula is C21H28N2O3. The monoisotopic (exact) mass is 356 g/mol. The Hall–Kier alpha value is -1.75. The topological polar surface area (TPSA) is 61.8 Å². The van der Waals surface area contributed by atoms with Crippen LogP contribution in [0, 0.1) is 17.8 Å². The standard InChI is InChI=1S/C21H28N2O3/c1-20(16-4-3-5-17(8-16)26-2)12-23(19(24)22-20)18-14-6-13-7-15(18)11-21(25,9-13)10-14/h3-5,8,13-15,18,25H,6-7,9-12H2,1-2H3,(H,22,24). The lowest BCUT2D eigenvalue weighted by Gasteiger charge is -2.59. The molecule has 5 heteroatoms. The number of rotatable bonds is 3. The fourth-order valence-corrected chi connectivity index (χ4v) is 6.59. The van der Waals surface area contributed by atoms with E-state index in [0.717, 1.165) is 30.6 Å². The number of urea groups is 1. The number of nitrogens with one attached hydrogen (secondary N) is 1. The van der Waals surface area contributed by atoms with Crippen molar-refractivity contribution in [2.75, 3.05) is 13.7 Å². The van der Waals surface area contributed by atoms with Gasteiger partial charge in [-0.3, -0.25) is 0 Å². The lowest BCUT2D eigenvalue weighted by atomic mass is 9.52. The van der Waals surface area contributed by atoms with Gasteiger partial charge in [0.05, 0.1) is 18.2 Å². The Labute approximate surface area is 154 Å². The van der Waals surface area contributed by atoms with Crippen LogP contribution in [-0.2, 0) is 5.54 Å². The predicted octanol–water partition coefficient (Wildman–Crippen LogP) is 2.88. The molecule has 5 nitrogen and oxygen atoms in total. The first-order valence-electron chi connectivity index (χ1n) is 9.85. The van der Waals surface area contributed by atoms with E-state index in [1.54, 1.807) is 7.11 Å². The van der Waals surface area contributed by atoms with E-state index in [4.69, 9.17) is 4.74 Å². The van der Waals surface area contributed by atoms with Gasteiger partial charge in [-0.25, -0.2) is 4.79 Å². The highest BCUT2D eigenvalue weighted by Crippen LogP contribution is 2.57. The molecule has 1 aromatic carbocycles. The Bertz CT molecular complexity index is 735. The summed E-state index contributed by atoms with van der Waals surface area (Å²) < 4.78 is 5.36. The van der Waals surface area contributed by atoms with Crippen LogP contribution in [0.4, 0.5) is 4.79 Å². The average molecular weight is 356 g/mol. The van der Waals surface area contributed by atoms with Gasteiger partial charge in [0.2, 0.25) is 0 Å². The van der Waals surface area contributed by atoms with Crippen molar-refractivity contribution >= 4 is 6.03 Å². The lowest BCUT2D eigenvalue weighted by molar-refractivity contribution is -0.152. The molecule has 2 N–H and O–H groups in total. The molecule has 4 aliphatic carbocycles. The van der Waals surface area contributed by atoms with Crippen molar-refractivity contribution in [3.63, 3.8) is 0 Å². The molecule has 2 amide bonds. The van der Waals surface area contributed by atoms with E-state index in [0.29, 0.717) is 24.3 Å². The van der Waals surface area contributed by atoms with Crippen LogP contribution in [0.15, 0.2) is 24.3 Å². The van der Waals surface area contributed by atoms with E-state index >= 15 is 0 Å². The molecule has 26 heavy (non-hydrogen) atoms. The minimum Gasteiger partial charge on any atom is -0.497 e. The van der Waals surface area contributed by atoms with Gasteiger partial charge in [-0.15, -0.1) is 0 Å². The van der Waals surface area contributed by atoms with Crippen molar-refractivity contribution in [2.24, 2.45) is 17.8 Å². The molecule has 3 unspecified atom stereocenters. The van der Waals surface area contributed by atoms with E-state index in [9.17, 15) is 9.90 Å². The maximum Gasteiger partial charge on any atom is 0.318 e. The van der Waals surface area contributed by atoms with Crippen LogP contribution < -0.4 is 10.1 Å². The SMILES string of the molecule is COc1cccc(C2(C)CN(C3C4CC5CC3CC(O)(C5)C4)C(=O)N2)c1. The molecule has 5 fully saturated rings. The number of hydrogen-bond donors (Lipinski definition) is 2. The molecule has 0 radical (unpaired) electrons.